The van der Waals surface area contributed by atoms with Crippen LogP contribution in [-0.4, -0.2) is 9.97 Å². The first-order valence-electron chi connectivity index (χ1n) is 11.6. The van der Waals surface area contributed by atoms with E-state index in [2.05, 4.69) is 102 Å². The van der Waals surface area contributed by atoms with Crippen LogP contribution in [0.25, 0.3) is 44.3 Å². The lowest BCUT2D eigenvalue weighted by Crippen LogP contribution is -1.98. The molecule has 0 saturated carbocycles. The predicted octanol–water partition coefficient (Wildman–Crippen LogP) is 7.95. The number of fused-ring (bicyclic) bond motifs is 3. The topological polar surface area (TPSA) is 25.8 Å². The van der Waals surface area contributed by atoms with Crippen molar-refractivity contribution in [2.24, 2.45) is 0 Å². The van der Waals surface area contributed by atoms with Crippen LogP contribution in [0.2, 0.25) is 0 Å². The molecule has 34 heavy (non-hydrogen) atoms. The molecule has 0 bridgehead atoms. The van der Waals surface area contributed by atoms with Crippen molar-refractivity contribution in [1.29, 1.82) is 0 Å². The SMILES string of the molecule is C#Cc1cc2ccc3ccc(-c4c(C)cc(C)cc4C)nc3c2nc1-c1c(C)cc(C)cc1C. The standard InChI is InChI=1S/C32H28N2/c1-8-24-17-26-10-9-25-11-12-27(28-20(4)13-18(2)14-21(28)5)33-31(25)32(26)34-30(24)29-22(6)15-19(3)16-23(29)7/h1,9-17H,2-7H3. The van der Waals surface area contributed by atoms with Crippen LogP contribution in [0.1, 0.15) is 38.9 Å². The number of aromatic nitrogens is 2. The first kappa shape index (κ1) is 21.9. The van der Waals surface area contributed by atoms with E-state index in [1.54, 1.807) is 0 Å². The second-order valence-electron chi connectivity index (χ2n) is 9.48. The van der Waals surface area contributed by atoms with E-state index in [0.717, 1.165) is 44.3 Å². The Morgan fingerprint density at radius 2 is 1.09 bits per heavy atom. The molecule has 0 atom stereocenters. The number of hydrogen-bond donors (Lipinski definition) is 0. The molecule has 0 N–H and O–H groups in total. The fourth-order valence-electron chi connectivity index (χ4n) is 5.40. The van der Waals surface area contributed by atoms with Gasteiger partial charge in [-0.05, 0) is 75.9 Å². The van der Waals surface area contributed by atoms with Crippen molar-refractivity contribution in [3.63, 3.8) is 0 Å². The summed E-state index contributed by atoms with van der Waals surface area (Å²) in [4.78, 5) is 10.3. The molecule has 0 amide bonds. The van der Waals surface area contributed by atoms with Gasteiger partial charge in [0.15, 0.2) is 0 Å². The monoisotopic (exact) mass is 440 g/mol. The molecule has 166 valence electrons. The molecule has 0 aliphatic rings. The van der Waals surface area contributed by atoms with E-state index >= 15 is 0 Å². The zero-order valence-corrected chi connectivity index (χ0v) is 20.7. The summed E-state index contributed by atoms with van der Waals surface area (Å²) in [7, 11) is 0. The Labute approximate surface area is 201 Å². The van der Waals surface area contributed by atoms with Crippen molar-refractivity contribution in [2.75, 3.05) is 0 Å². The van der Waals surface area contributed by atoms with Crippen molar-refractivity contribution in [3.05, 3.63) is 93.5 Å². The van der Waals surface area contributed by atoms with Crippen LogP contribution in [0.3, 0.4) is 0 Å². The van der Waals surface area contributed by atoms with E-state index in [1.165, 1.54) is 38.9 Å². The highest BCUT2D eigenvalue weighted by atomic mass is 14.8. The molecule has 0 unspecified atom stereocenters. The summed E-state index contributed by atoms with van der Waals surface area (Å²) in [6.07, 6.45) is 5.96. The Morgan fingerprint density at radius 3 is 1.68 bits per heavy atom. The first-order chi connectivity index (χ1) is 16.3. The van der Waals surface area contributed by atoms with Crippen LogP contribution < -0.4 is 0 Å². The van der Waals surface area contributed by atoms with Gasteiger partial charge in [-0.3, -0.25) is 0 Å². The third-order valence-electron chi connectivity index (χ3n) is 6.65. The van der Waals surface area contributed by atoms with E-state index in [0.29, 0.717) is 0 Å². The fraction of sp³-hybridized carbons (Fsp3) is 0.188. The lowest BCUT2D eigenvalue weighted by Gasteiger charge is -2.15. The second kappa shape index (κ2) is 8.12. The summed E-state index contributed by atoms with van der Waals surface area (Å²) < 4.78 is 0. The summed E-state index contributed by atoms with van der Waals surface area (Å²) in [6.45, 7) is 12.8. The smallest absolute Gasteiger partial charge is 0.0973 e. The Morgan fingerprint density at radius 1 is 0.588 bits per heavy atom. The molecular formula is C32H28N2. The van der Waals surface area contributed by atoms with E-state index in [4.69, 9.17) is 16.4 Å². The lowest BCUT2D eigenvalue weighted by molar-refractivity contribution is 1.27. The molecule has 2 heterocycles. The van der Waals surface area contributed by atoms with Crippen LogP contribution in [-0.2, 0) is 0 Å². The fourth-order valence-corrected chi connectivity index (χ4v) is 5.40. The van der Waals surface area contributed by atoms with Crippen molar-refractivity contribution < 1.29 is 0 Å². The Bertz CT molecular complexity index is 1620. The van der Waals surface area contributed by atoms with E-state index in [1.807, 2.05) is 0 Å². The largest absolute Gasteiger partial charge is 0.245 e. The van der Waals surface area contributed by atoms with Gasteiger partial charge in [0, 0.05) is 21.9 Å². The van der Waals surface area contributed by atoms with Crippen molar-refractivity contribution in [3.8, 4) is 34.9 Å². The molecule has 0 aliphatic carbocycles. The highest BCUT2D eigenvalue weighted by Gasteiger charge is 2.16. The van der Waals surface area contributed by atoms with Gasteiger partial charge >= 0.3 is 0 Å². The number of terminal acetylenes is 1. The van der Waals surface area contributed by atoms with Gasteiger partial charge in [-0.2, -0.15) is 0 Å². The Kier molecular flexibility index (Phi) is 5.22. The quantitative estimate of drug-likeness (QED) is 0.206. The third kappa shape index (κ3) is 3.55. The minimum absolute atomic E-state index is 0.809. The summed E-state index contributed by atoms with van der Waals surface area (Å²) in [5.41, 5.74) is 14.1. The van der Waals surface area contributed by atoms with E-state index in [-0.39, 0.29) is 0 Å². The van der Waals surface area contributed by atoms with Crippen molar-refractivity contribution >= 4 is 21.8 Å². The summed E-state index contributed by atoms with van der Waals surface area (Å²) in [6, 6.07) is 19.4. The van der Waals surface area contributed by atoms with Crippen LogP contribution in [0.5, 0.6) is 0 Å². The predicted molar refractivity (Wildman–Crippen MR) is 144 cm³/mol. The molecule has 0 radical (unpaired) electrons. The summed E-state index contributed by atoms with van der Waals surface area (Å²) in [5, 5.41) is 2.08. The van der Waals surface area contributed by atoms with Crippen LogP contribution >= 0.6 is 0 Å². The lowest BCUT2D eigenvalue weighted by atomic mass is 9.93. The van der Waals surface area contributed by atoms with Crippen LogP contribution in [0.4, 0.5) is 0 Å². The summed E-state index contributed by atoms with van der Waals surface area (Å²) >= 11 is 0. The molecule has 3 aromatic carbocycles. The molecule has 2 nitrogen and oxygen atoms in total. The number of benzene rings is 3. The first-order valence-corrected chi connectivity index (χ1v) is 11.6. The molecule has 2 aromatic heterocycles. The molecular weight excluding hydrogens is 412 g/mol. The van der Waals surface area contributed by atoms with Gasteiger partial charge < -0.3 is 0 Å². The molecule has 0 saturated heterocycles. The van der Waals surface area contributed by atoms with Crippen molar-refractivity contribution in [2.45, 2.75) is 41.5 Å². The van der Waals surface area contributed by atoms with E-state index in [9.17, 15) is 0 Å². The van der Waals surface area contributed by atoms with Gasteiger partial charge in [0.05, 0.1) is 28.0 Å². The molecule has 2 heteroatoms. The number of hydrogen-bond acceptors (Lipinski definition) is 2. The second-order valence-corrected chi connectivity index (χ2v) is 9.48. The number of rotatable bonds is 2. The Hall–Kier alpha value is -3.96. The maximum absolute atomic E-state index is 5.96. The number of aryl methyl sites for hydroxylation is 6. The number of pyridine rings is 2. The zero-order chi connectivity index (χ0) is 24.1. The molecule has 5 rings (SSSR count). The maximum Gasteiger partial charge on any atom is 0.0973 e. The molecule has 0 fully saturated rings. The van der Waals surface area contributed by atoms with Gasteiger partial charge in [-0.1, -0.05) is 59.5 Å². The normalized spacial score (nSPS) is 11.2. The van der Waals surface area contributed by atoms with E-state index < -0.39 is 0 Å². The van der Waals surface area contributed by atoms with Crippen LogP contribution in [0, 0.1) is 53.9 Å². The van der Waals surface area contributed by atoms with Crippen LogP contribution in [0.15, 0.2) is 54.6 Å². The average molecular weight is 441 g/mol. The van der Waals surface area contributed by atoms with Gasteiger partial charge in [0.2, 0.25) is 0 Å². The molecule has 0 aliphatic heterocycles. The molecule has 5 aromatic rings. The average Bonchev–Trinajstić information content (AvgIpc) is 2.77. The minimum atomic E-state index is 0.809. The number of nitrogens with zero attached hydrogens (tertiary/aromatic N) is 2. The highest BCUT2D eigenvalue weighted by molar-refractivity contribution is 6.05. The minimum Gasteiger partial charge on any atom is -0.245 e. The Balaban J connectivity index is 1.84. The van der Waals surface area contributed by atoms with Gasteiger partial charge in [0.1, 0.15) is 0 Å². The van der Waals surface area contributed by atoms with Gasteiger partial charge in [-0.15, -0.1) is 6.42 Å². The highest BCUT2D eigenvalue weighted by Crippen LogP contribution is 2.35. The van der Waals surface area contributed by atoms with Gasteiger partial charge in [0.25, 0.3) is 0 Å². The summed E-state index contributed by atoms with van der Waals surface area (Å²) in [5.74, 6) is 2.88. The third-order valence-corrected chi connectivity index (χ3v) is 6.65. The maximum atomic E-state index is 5.96. The van der Waals surface area contributed by atoms with Crippen molar-refractivity contribution in [1.82, 2.24) is 9.97 Å². The van der Waals surface area contributed by atoms with Gasteiger partial charge in [-0.25, -0.2) is 9.97 Å². The zero-order valence-electron chi connectivity index (χ0n) is 20.7. The molecule has 0 spiro atoms.